The van der Waals surface area contributed by atoms with E-state index >= 15 is 0 Å². The van der Waals surface area contributed by atoms with Crippen LogP contribution in [0.15, 0.2) is 77.7 Å². The van der Waals surface area contributed by atoms with Gasteiger partial charge < -0.3 is 10.2 Å². The second-order valence-corrected chi connectivity index (χ2v) is 9.79. The fourth-order valence-electron chi connectivity index (χ4n) is 3.63. The zero-order valence-corrected chi connectivity index (χ0v) is 20.4. The molecule has 1 amide bonds. The predicted molar refractivity (Wildman–Crippen MR) is 134 cm³/mol. The third kappa shape index (κ3) is 5.54. The van der Waals surface area contributed by atoms with Crippen molar-refractivity contribution in [2.45, 2.75) is 32.2 Å². The molecule has 0 aliphatic heterocycles. The van der Waals surface area contributed by atoms with Gasteiger partial charge in [0.1, 0.15) is 0 Å². The Hall–Kier alpha value is -3.32. The number of benzene rings is 3. The summed E-state index contributed by atoms with van der Waals surface area (Å²) in [5, 5.41) is 2.91. The average molecular weight is 466 g/mol. The van der Waals surface area contributed by atoms with E-state index in [-0.39, 0.29) is 10.8 Å². The first kappa shape index (κ1) is 24.3. The summed E-state index contributed by atoms with van der Waals surface area (Å²) in [6.45, 7) is 8.35. The molecule has 0 aliphatic carbocycles. The van der Waals surface area contributed by atoms with Crippen molar-refractivity contribution >= 4 is 27.3 Å². The van der Waals surface area contributed by atoms with Crippen molar-refractivity contribution in [1.29, 1.82) is 0 Å². The smallest absolute Gasteiger partial charge is 0.264 e. The van der Waals surface area contributed by atoms with Gasteiger partial charge in [-0.3, -0.25) is 9.10 Å². The summed E-state index contributed by atoms with van der Waals surface area (Å²) in [5.41, 5.74) is 3.71. The minimum Gasteiger partial charge on any atom is -0.372 e. The Balaban J connectivity index is 1.77. The molecule has 174 valence electrons. The summed E-state index contributed by atoms with van der Waals surface area (Å²) in [4.78, 5) is 15.4. The van der Waals surface area contributed by atoms with Gasteiger partial charge in [0, 0.05) is 32.4 Å². The molecule has 0 bridgehead atoms. The van der Waals surface area contributed by atoms with Crippen LogP contribution in [-0.4, -0.2) is 34.5 Å². The van der Waals surface area contributed by atoms with E-state index in [1.54, 1.807) is 48.5 Å². The zero-order chi connectivity index (χ0) is 24.0. The molecule has 0 spiro atoms. The molecule has 3 aromatic rings. The Kier molecular flexibility index (Phi) is 7.76. The molecule has 0 aliphatic rings. The fraction of sp³-hybridized carbons (Fsp3) is 0.269. The van der Waals surface area contributed by atoms with Crippen molar-refractivity contribution in [2.75, 3.05) is 29.3 Å². The third-order valence-corrected chi connectivity index (χ3v) is 7.47. The highest BCUT2D eigenvalue weighted by Crippen LogP contribution is 2.26. The van der Waals surface area contributed by atoms with Crippen molar-refractivity contribution < 1.29 is 13.2 Å². The Bertz CT molecular complexity index is 1190. The number of nitrogens with zero attached hydrogens (tertiary/aromatic N) is 2. The Morgan fingerprint density at radius 1 is 0.879 bits per heavy atom. The number of carbonyl (C=O) groups is 1. The minimum atomic E-state index is -3.80. The van der Waals surface area contributed by atoms with E-state index in [2.05, 4.69) is 24.1 Å². The maximum atomic E-state index is 13.1. The van der Waals surface area contributed by atoms with Crippen LogP contribution in [0.5, 0.6) is 0 Å². The van der Waals surface area contributed by atoms with E-state index in [9.17, 15) is 13.2 Å². The van der Waals surface area contributed by atoms with Crippen molar-refractivity contribution in [2.24, 2.45) is 0 Å². The van der Waals surface area contributed by atoms with E-state index in [0.29, 0.717) is 17.8 Å². The molecule has 0 aromatic heterocycles. The normalized spacial score (nSPS) is 11.2. The number of para-hydroxylation sites is 1. The van der Waals surface area contributed by atoms with Crippen molar-refractivity contribution in [3.05, 3.63) is 89.5 Å². The molecule has 7 heteroatoms. The van der Waals surface area contributed by atoms with Gasteiger partial charge in [-0.05, 0) is 62.7 Å². The molecule has 0 saturated heterocycles. The van der Waals surface area contributed by atoms with Crippen molar-refractivity contribution in [1.82, 2.24) is 5.32 Å². The summed E-state index contributed by atoms with van der Waals surface area (Å²) in [5.74, 6) is -0.329. The molecule has 0 heterocycles. The third-order valence-electron chi connectivity index (χ3n) is 5.69. The van der Waals surface area contributed by atoms with Crippen LogP contribution in [-0.2, 0) is 16.6 Å². The monoisotopic (exact) mass is 465 g/mol. The molecule has 1 N–H and O–H groups in total. The van der Waals surface area contributed by atoms with Crippen LogP contribution in [0.1, 0.15) is 35.3 Å². The second-order valence-electron chi connectivity index (χ2n) is 7.82. The van der Waals surface area contributed by atoms with Crippen LogP contribution in [0.4, 0.5) is 11.4 Å². The number of nitrogens with one attached hydrogen (secondary N) is 1. The van der Waals surface area contributed by atoms with E-state index < -0.39 is 10.0 Å². The minimum absolute atomic E-state index is 0.180. The number of sulfonamides is 1. The molecule has 0 fully saturated rings. The molecule has 33 heavy (non-hydrogen) atoms. The first-order valence-corrected chi connectivity index (χ1v) is 12.5. The van der Waals surface area contributed by atoms with E-state index in [1.165, 1.54) is 7.05 Å². The average Bonchev–Trinajstić information content (AvgIpc) is 2.84. The number of anilines is 2. The van der Waals surface area contributed by atoms with Gasteiger partial charge >= 0.3 is 0 Å². The predicted octanol–water partition coefficient (Wildman–Crippen LogP) is 4.60. The largest absolute Gasteiger partial charge is 0.372 e. The first-order chi connectivity index (χ1) is 15.8. The molecule has 0 atom stereocenters. The summed E-state index contributed by atoms with van der Waals surface area (Å²) >= 11 is 0. The Morgan fingerprint density at radius 3 is 2.09 bits per heavy atom. The van der Waals surface area contributed by atoms with Crippen LogP contribution in [0.25, 0.3) is 0 Å². The maximum Gasteiger partial charge on any atom is 0.264 e. The summed E-state index contributed by atoms with van der Waals surface area (Å²) < 4.78 is 27.4. The van der Waals surface area contributed by atoms with Crippen LogP contribution in [0, 0.1) is 6.92 Å². The lowest BCUT2D eigenvalue weighted by Crippen LogP contribution is -2.30. The highest BCUT2D eigenvalue weighted by atomic mass is 32.2. The molecule has 0 saturated carbocycles. The molecule has 3 rings (SSSR count). The number of aryl methyl sites for hydroxylation is 1. The number of rotatable bonds is 9. The Labute approximate surface area is 196 Å². The van der Waals surface area contributed by atoms with Gasteiger partial charge in [-0.1, -0.05) is 42.0 Å². The van der Waals surface area contributed by atoms with Gasteiger partial charge in [0.05, 0.1) is 16.1 Å². The molecule has 0 radical (unpaired) electrons. The van der Waals surface area contributed by atoms with Gasteiger partial charge in [-0.15, -0.1) is 0 Å². The lowest BCUT2D eigenvalue weighted by molar-refractivity contribution is 0.0951. The second kappa shape index (κ2) is 10.5. The maximum absolute atomic E-state index is 13.1. The fourth-order valence-corrected chi connectivity index (χ4v) is 4.84. The van der Waals surface area contributed by atoms with Gasteiger partial charge in [0.15, 0.2) is 0 Å². The number of carbonyl (C=O) groups excluding carboxylic acids is 1. The van der Waals surface area contributed by atoms with E-state index in [4.69, 9.17) is 0 Å². The van der Waals surface area contributed by atoms with Gasteiger partial charge in [-0.2, -0.15) is 0 Å². The highest BCUT2D eigenvalue weighted by Gasteiger charge is 2.25. The Morgan fingerprint density at radius 2 is 1.48 bits per heavy atom. The molecular formula is C26H31N3O3S. The zero-order valence-electron chi connectivity index (χ0n) is 19.6. The van der Waals surface area contributed by atoms with Gasteiger partial charge in [0.2, 0.25) is 0 Å². The molecule has 3 aromatic carbocycles. The lowest BCUT2D eigenvalue weighted by atomic mass is 10.1. The van der Waals surface area contributed by atoms with Crippen molar-refractivity contribution in [3.63, 3.8) is 0 Å². The summed E-state index contributed by atoms with van der Waals surface area (Å²) in [7, 11) is -2.34. The van der Waals surface area contributed by atoms with E-state index in [1.807, 2.05) is 31.2 Å². The van der Waals surface area contributed by atoms with Crippen molar-refractivity contribution in [3.8, 4) is 0 Å². The topological polar surface area (TPSA) is 69.7 Å². The van der Waals surface area contributed by atoms with Crippen LogP contribution in [0.3, 0.4) is 0 Å². The van der Waals surface area contributed by atoms with E-state index in [0.717, 1.165) is 34.2 Å². The first-order valence-electron chi connectivity index (χ1n) is 11.0. The van der Waals surface area contributed by atoms with Gasteiger partial charge in [0.25, 0.3) is 15.9 Å². The van der Waals surface area contributed by atoms with Gasteiger partial charge in [-0.25, -0.2) is 8.42 Å². The molecule has 0 unspecified atom stereocenters. The number of hydrogen-bond donors (Lipinski definition) is 1. The highest BCUT2D eigenvalue weighted by molar-refractivity contribution is 7.92. The number of amides is 1. The quantitative estimate of drug-likeness (QED) is 0.502. The standard InChI is InChI=1S/C26H31N3O3S/c1-5-29(6-2)22-15-13-21(14-16-22)19-27-26(30)24-9-7-8-10-25(24)28(4)33(31,32)23-17-11-20(3)12-18-23/h7-18H,5-6,19H2,1-4H3,(H,27,30). The summed E-state index contributed by atoms with van der Waals surface area (Å²) in [6.07, 6.45) is 0. The molecule has 6 nitrogen and oxygen atoms in total. The van der Waals surface area contributed by atoms with Crippen LogP contribution >= 0.6 is 0 Å². The number of hydrogen-bond acceptors (Lipinski definition) is 4. The lowest BCUT2D eigenvalue weighted by Gasteiger charge is -2.22. The SMILES string of the molecule is CCN(CC)c1ccc(CNC(=O)c2ccccc2N(C)S(=O)(=O)c2ccc(C)cc2)cc1. The summed E-state index contributed by atoms with van der Waals surface area (Å²) in [6, 6.07) is 21.5. The molecular weight excluding hydrogens is 434 g/mol. The van der Waals surface area contributed by atoms with Crippen LogP contribution in [0.2, 0.25) is 0 Å². The van der Waals surface area contributed by atoms with Crippen LogP contribution < -0.4 is 14.5 Å².